The summed E-state index contributed by atoms with van der Waals surface area (Å²) in [5.74, 6) is -0.556. The SMILES string of the molecule is Cc1ccc(N2C[C@H](C(=O)Nc3ccc(I)cc3)CC2=O)cc1Cl. The van der Waals surface area contributed by atoms with E-state index in [-0.39, 0.29) is 24.2 Å². The van der Waals surface area contributed by atoms with Crippen LogP contribution in [0.2, 0.25) is 5.02 Å². The Morgan fingerprint density at radius 3 is 2.62 bits per heavy atom. The minimum Gasteiger partial charge on any atom is -0.326 e. The molecule has 0 aliphatic carbocycles. The van der Waals surface area contributed by atoms with Crippen molar-refractivity contribution < 1.29 is 9.59 Å². The quantitative estimate of drug-likeness (QED) is 0.705. The number of benzene rings is 2. The number of halogens is 2. The number of nitrogens with zero attached hydrogens (tertiary/aromatic N) is 1. The lowest BCUT2D eigenvalue weighted by molar-refractivity contribution is -0.122. The first-order valence-corrected chi connectivity index (χ1v) is 9.02. The third-order valence-electron chi connectivity index (χ3n) is 4.07. The summed E-state index contributed by atoms with van der Waals surface area (Å²) in [6.45, 7) is 2.28. The van der Waals surface area contributed by atoms with Crippen LogP contribution in [-0.2, 0) is 9.59 Å². The van der Waals surface area contributed by atoms with Gasteiger partial charge in [-0.2, -0.15) is 0 Å². The molecule has 24 heavy (non-hydrogen) atoms. The zero-order valence-electron chi connectivity index (χ0n) is 13.1. The van der Waals surface area contributed by atoms with E-state index in [0.29, 0.717) is 11.6 Å². The smallest absolute Gasteiger partial charge is 0.229 e. The normalized spacial score (nSPS) is 17.2. The van der Waals surface area contributed by atoms with Gasteiger partial charge in [0.15, 0.2) is 0 Å². The van der Waals surface area contributed by atoms with Gasteiger partial charge in [-0.1, -0.05) is 17.7 Å². The number of rotatable bonds is 3. The topological polar surface area (TPSA) is 49.4 Å². The number of carbonyl (C=O) groups is 2. The van der Waals surface area contributed by atoms with Gasteiger partial charge in [0, 0.05) is 32.9 Å². The molecule has 6 heteroatoms. The first-order valence-electron chi connectivity index (χ1n) is 7.57. The zero-order chi connectivity index (χ0) is 17.3. The van der Waals surface area contributed by atoms with Crippen LogP contribution in [0.3, 0.4) is 0 Å². The molecule has 1 atom stereocenters. The van der Waals surface area contributed by atoms with Gasteiger partial charge in [-0.3, -0.25) is 9.59 Å². The van der Waals surface area contributed by atoms with Crippen LogP contribution in [0.5, 0.6) is 0 Å². The molecule has 124 valence electrons. The second-order valence-electron chi connectivity index (χ2n) is 5.84. The largest absolute Gasteiger partial charge is 0.326 e. The molecule has 0 saturated carbocycles. The highest BCUT2D eigenvalue weighted by atomic mass is 127. The van der Waals surface area contributed by atoms with E-state index in [2.05, 4.69) is 27.9 Å². The van der Waals surface area contributed by atoms with Crippen molar-refractivity contribution in [2.45, 2.75) is 13.3 Å². The molecule has 1 N–H and O–H groups in total. The van der Waals surface area contributed by atoms with Crippen molar-refractivity contribution in [3.05, 3.63) is 56.6 Å². The van der Waals surface area contributed by atoms with E-state index in [0.717, 1.165) is 20.5 Å². The van der Waals surface area contributed by atoms with Crippen molar-refractivity contribution in [3.63, 3.8) is 0 Å². The Labute approximate surface area is 159 Å². The monoisotopic (exact) mass is 454 g/mol. The van der Waals surface area contributed by atoms with E-state index in [1.165, 1.54) is 0 Å². The van der Waals surface area contributed by atoms with Gasteiger partial charge in [0.1, 0.15) is 0 Å². The maximum absolute atomic E-state index is 12.4. The third kappa shape index (κ3) is 3.72. The van der Waals surface area contributed by atoms with Crippen molar-refractivity contribution in [2.75, 3.05) is 16.8 Å². The summed E-state index contributed by atoms with van der Waals surface area (Å²) in [4.78, 5) is 26.3. The summed E-state index contributed by atoms with van der Waals surface area (Å²) in [6, 6.07) is 13.1. The Bertz CT molecular complexity index is 792. The molecule has 1 aliphatic heterocycles. The van der Waals surface area contributed by atoms with Crippen LogP contribution in [-0.4, -0.2) is 18.4 Å². The number of nitrogens with one attached hydrogen (secondary N) is 1. The van der Waals surface area contributed by atoms with Crippen LogP contribution in [0.4, 0.5) is 11.4 Å². The van der Waals surface area contributed by atoms with Crippen molar-refractivity contribution >= 4 is 57.4 Å². The highest BCUT2D eigenvalue weighted by molar-refractivity contribution is 14.1. The Kier molecular flexibility index (Phi) is 5.10. The first kappa shape index (κ1) is 17.2. The van der Waals surface area contributed by atoms with Gasteiger partial charge in [-0.05, 0) is 71.5 Å². The van der Waals surface area contributed by atoms with E-state index in [4.69, 9.17) is 11.6 Å². The second-order valence-corrected chi connectivity index (χ2v) is 7.49. The Morgan fingerprint density at radius 2 is 1.96 bits per heavy atom. The second kappa shape index (κ2) is 7.11. The van der Waals surface area contributed by atoms with Crippen LogP contribution in [0.25, 0.3) is 0 Å². The predicted octanol–water partition coefficient (Wildman–Crippen LogP) is 4.24. The van der Waals surface area contributed by atoms with E-state index in [9.17, 15) is 9.59 Å². The average Bonchev–Trinajstić information content (AvgIpc) is 2.94. The molecule has 2 aromatic rings. The number of carbonyl (C=O) groups excluding carboxylic acids is 2. The van der Waals surface area contributed by atoms with E-state index in [1.807, 2.05) is 43.3 Å². The molecule has 2 amide bonds. The van der Waals surface area contributed by atoms with Gasteiger partial charge in [0.05, 0.1) is 5.92 Å². The molecule has 1 heterocycles. The van der Waals surface area contributed by atoms with Gasteiger partial charge >= 0.3 is 0 Å². The van der Waals surface area contributed by atoms with Gasteiger partial charge < -0.3 is 10.2 Å². The van der Waals surface area contributed by atoms with Gasteiger partial charge in [0.2, 0.25) is 11.8 Å². The maximum Gasteiger partial charge on any atom is 0.229 e. The maximum atomic E-state index is 12.4. The summed E-state index contributed by atoms with van der Waals surface area (Å²) in [6.07, 6.45) is 0.210. The molecule has 1 aliphatic rings. The summed E-state index contributed by atoms with van der Waals surface area (Å²) < 4.78 is 1.10. The van der Waals surface area contributed by atoms with E-state index >= 15 is 0 Å². The molecule has 3 rings (SSSR count). The Hall–Kier alpha value is -1.60. The molecule has 2 aromatic carbocycles. The fourth-order valence-corrected chi connectivity index (χ4v) is 3.19. The zero-order valence-corrected chi connectivity index (χ0v) is 16.0. The molecular formula is C18H16ClIN2O2. The number of amides is 2. The number of hydrogen-bond acceptors (Lipinski definition) is 2. The van der Waals surface area contributed by atoms with Crippen molar-refractivity contribution in [2.24, 2.45) is 5.92 Å². The van der Waals surface area contributed by atoms with Crippen LogP contribution in [0.1, 0.15) is 12.0 Å². The lowest BCUT2D eigenvalue weighted by atomic mass is 10.1. The van der Waals surface area contributed by atoms with Crippen LogP contribution in [0.15, 0.2) is 42.5 Å². The van der Waals surface area contributed by atoms with Crippen molar-refractivity contribution in [1.82, 2.24) is 0 Å². The fourth-order valence-electron chi connectivity index (χ4n) is 2.66. The number of hydrogen-bond donors (Lipinski definition) is 1. The molecule has 1 fully saturated rings. The summed E-state index contributed by atoms with van der Waals surface area (Å²) in [5.41, 5.74) is 2.44. The van der Waals surface area contributed by atoms with Crippen molar-refractivity contribution in [3.8, 4) is 0 Å². The summed E-state index contributed by atoms with van der Waals surface area (Å²) in [5, 5.41) is 3.49. The van der Waals surface area contributed by atoms with Crippen LogP contribution < -0.4 is 10.2 Å². The molecule has 0 unspecified atom stereocenters. The lowest BCUT2D eigenvalue weighted by Crippen LogP contribution is -2.28. The van der Waals surface area contributed by atoms with Gasteiger partial charge in [-0.25, -0.2) is 0 Å². The Morgan fingerprint density at radius 1 is 1.25 bits per heavy atom. The van der Waals surface area contributed by atoms with Gasteiger partial charge in [0.25, 0.3) is 0 Å². The van der Waals surface area contributed by atoms with Crippen molar-refractivity contribution in [1.29, 1.82) is 0 Å². The molecule has 0 bridgehead atoms. The average molecular weight is 455 g/mol. The Balaban J connectivity index is 1.70. The molecule has 0 spiro atoms. The minimum atomic E-state index is -0.364. The van der Waals surface area contributed by atoms with E-state index < -0.39 is 0 Å². The molecular weight excluding hydrogens is 439 g/mol. The number of anilines is 2. The summed E-state index contributed by atoms with van der Waals surface area (Å²) >= 11 is 8.35. The predicted molar refractivity (Wildman–Crippen MR) is 104 cm³/mol. The standard InChI is InChI=1S/C18H16ClIN2O2/c1-11-2-7-15(9-16(11)19)22-10-12(8-17(22)23)18(24)21-14-5-3-13(20)4-6-14/h2-7,9,12H,8,10H2,1H3,(H,21,24)/t12-/m1/s1. The molecule has 0 radical (unpaired) electrons. The van der Waals surface area contributed by atoms with Crippen LogP contribution in [0, 0.1) is 16.4 Å². The highest BCUT2D eigenvalue weighted by Crippen LogP contribution is 2.29. The first-order chi connectivity index (χ1) is 11.4. The van der Waals surface area contributed by atoms with E-state index in [1.54, 1.807) is 11.0 Å². The minimum absolute atomic E-state index is 0.0577. The fraction of sp³-hybridized carbons (Fsp3) is 0.222. The highest BCUT2D eigenvalue weighted by Gasteiger charge is 2.35. The molecule has 0 aromatic heterocycles. The molecule has 4 nitrogen and oxygen atoms in total. The van der Waals surface area contributed by atoms with Crippen LogP contribution >= 0.6 is 34.2 Å². The van der Waals surface area contributed by atoms with Gasteiger partial charge in [-0.15, -0.1) is 0 Å². The number of aryl methyl sites for hydroxylation is 1. The third-order valence-corrected chi connectivity index (χ3v) is 5.20. The molecule has 1 saturated heterocycles. The lowest BCUT2D eigenvalue weighted by Gasteiger charge is -2.17. The summed E-state index contributed by atoms with van der Waals surface area (Å²) in [7, 11) is 0.